The van der Waals surface area contributed by atoms with Crippen molar-refractivity contribution in [2.45, 2.75) is 32.0 Å². The Morgan fingerprint density at radius 3 is 2.43 bits per heavy atom. The van der Waals surface area contributed by atoms with Gasteiger partial charge in [-0.05, 0) is 33.0 Å². The predicted octanol–water partition coefficient (Wildman–Crippen LogP) is 1.62. The van der Waals surface area contributed by atoms with Gasteiger partial charge in [-0.3, -0.25) is 4.79 Å². The fraction of sp³-hybridized carbons (Fsp3) is 0.900. The van der Waals surface area contributed by atoms with Crippen LogP contribution in [0.15, 0.2) is 0 Å². The van der Waals surface area contributed by atoms with Crippen LogP contribution in [0.1, 0.15) is 27.2 Å². The van der Waals surface area contributed by atoms with Crippen molar-refractivity contribution in [3.8, 4) is 0 Å². The SMILES string of the molecule is CCN(CC)CCCNC(=O)C(C)Br. The Bertz CT molecular complexity index is 158. The van der Waals surface area contributed by atoms with Crippen LogP contribution in [0.4, 0.5) is 0 Å². The summed E-state index contributed by atoms with van der Waals surface area (Å²) in [6.45, 7) is 10.1. The molecule has 14 heavy (non-hydrogen) atoms. The van der Waals surface area contributed by atoms with Gasteiger partial charge in [0, 0.05) is 6.54 Å². The second-order valence-electron chi connectivity index (χ2n) is 3.29. The molecule has 1 N–H and O–H groups in total. The number of rotatable bonds is 7. The van der Waals surface area contributed by atoms with Gasteiger partial charge in [-0.25, -0.2) is 0 Å². The summed E-state index contributed by atoms with van der Waals surface area (Å²) in [5, 5.41) is 2.87. The van der Waals surface area contributed by atoms with E-state index in [1.165, 1.54) is 0 Å². The van der Waals surface area contributed by atoms with E-state index in [0.29, 0.717) is 0 Å². The zero-order chi connectivity index (χ0) is 11.0. The molecule has 0 saturated carbocycles. The van der Waals surface area contributed by atoms with Crippen molar-refractivity contribution in [1.82, 2.24) is 10.2 Å². The molecule has 0 aromatic rings. The Labute approximate surface area is 95.4 Å². The molecule has 0 aromatic carbocycles. The molecule has 0 bridgehead atoms. The van der Waals surface area contributed by atoms with E-state index in [9.17, 15) is 4.79 Å². The molecule has 0 aliphatic carbocycles. The van der Waals surface area contributed by atoms with Crippen molar-refractivity contribution < 1.29 is 4.79 Å². The lowest BCUT2D eigenvalue weighted by Gasteiger charge is -2.17. The van der Waals surface area contributed by atoms with Crippen molar-refractivity contribution in [3.05, 3.63) is 0 Å². The van der Waals surface area contributed by atoms with Gasteiger partial charge in [-0.1, -0.05) is 29.8 Å². The minimum absolute atomic E-state index is 0.0737. The molecule has 3 nitrogen and oxygen atoms in total. The first-order valence-electron chi connectivity index (χ1n) is 5.25. The lowest BCUT2D eigenvalue weighted by Crippen LogP contribution is -2.32. The van der Waals surface area contributed by atoms with Crippen molar-refractivity contribution in [3.63, 3.8) is 0 Å². The number of nitrogens with zero attached hydrogens (tertiary/aromatic N) is 1. The molecule has 0 heterocycles. The molecule has 0 fully saturated rings. The van der Waals surface area contributed by atoms with Gasteiger partial charge >= 0.3 is 0 Å². The maximum absolute atomic E-state index is 11.2. The number of hydrogen-bond acceptors (Lipinski definition) is 2. The summed E-state index contributed by atoms with van der Waals surface area (Å²) in [4.78, 5) is 13.4. The second-order valence-corrected chi connectivity index (χ2v) is 4.66. The fourth-order valence-corrected chi connectivity index (χ4v) is 1.36. The van der Waals surface area contributed by atoms with E-state index in [1.54, 1.807) is 0 Å². The van der Waals surface area contributed by atoms with E-state index in [4.69, 9.17) is 0 Å². The molecule has 1 amide bonds. The molecule has 1 unspecified atom stereocenters. The quantitative estimate of drug-likeness (QED) is 0.560. The molecule has 0 aromatic heterocycles. The normalized spacial score (nSPS) is 12.9. The monoisotopic (exact) mass is 264 g/mol. The summed E-state index contributed by atoms with van der Waals surface area (Å²) in [5.41, 5.74) is 0. The average Bonchev–Trinajstić information content (AvgIpc) is 2.17. The fourth-order valence-electron chi connectivity index (χ4n) is 1.19. The van der Waals surface area contributed by atoms with Crippen LogP contribution in [-0.4, -0.2) is 41.8 Å². The molecule has 1 atom stereocenters. The van der Waals surface area contributed by atoms with Crippen LogP contribution in [0.5, 0.6) is 0 Å². The number of nitrogens with one attached hydrogen (secondary N) is 1. The highest BCUT2D eigenvalue weighted by atomic mass is 79.9. The number of alkyl halides is 1. The maximum atomic E-state index is 11.2. The molecule has 0 rings (SSSR count). The zero-order valence-corrected chi connectivity index (χ0v) is 10.9. The van der Waals surface area contributed by atoms with Crippen molar-refractivity contribution in [2.24, 2.45) is 0 Å². The summed E-state index contributed by atoms with van der Waals surface area (Å²) in [6.07, 6.45) is 1.02. The maximum Gasteiger partial charge on any atom is 0.233 e. The van der Waals surface area contributed by atoms with Crippen molar-refractivity contribution in [1.29, 1.82) is 0 Å². The van der Waals surface area contributed by atoms with Crippen LogP contribution in [0.3, 0.4) is 0 Å². The van der Waals surface area contributed by atoms with E-state index >= 15 is 0 Å². The number of halogens is 1. The molecule has 0 radical (unpaired) electrons. The predicted molar refractivity (Wildman–Crippen MR) is 63.8 cm³/mol. The summed E-state index contributed by atoms with van der Waals surface area (Å²) < 4.78 is 0. The first-order valence-corrected chi connectivity index (χ1v) is 6.17. The van der Waals surface area contributed by atoms with Gasteiger partial charge in [-0.2, -0.15) is 0 Å². The van der Waals surface area contributed by atoms with E-state index < -0.39 is 0 Å². The van der Waals surface area contributed by atoms with Crippen molar-refractivity contribution >= 4 is 21.8 Å². The summed E-state index contributed by atoms with van der Waals surface area (Å²) in [5.74, 6) is 0.0737. The first kappa shape index (κ1) is 13.9. The van der Waals surface area contributed by atoms with Crippen LogP contribution in [-0.2, 0) is 4.79 Å². The third-order valence-corrected chi connectivity index (χ3v) is 2.62. The second kappa shape index (κ2) is 8.24. The molecule has 84 valence electrons. The van der Waals surface area contributed by atoms with E-state index in [1.807, 2.05) is 6.92 Å². The zero-order valence-electron chi connectivity index (χ0n) is 9.35. The topological polar surface area (TPSA) is 32.3 Å². The average molecular weight is 265 g/mol. The highest BCUT2D eigenvalue weighted by molar-refractivity contribution is 9.10. The van der Waals surface area contributed by atoms with Gasteiger partial charge in [0.1, 0.15) is 0 Å². The standard InChI is InChI=1S/C10H21BrN2O/c1-4-13(5-2)8-6-7-12-10(14)9(3)11/h9H,4-8H2,1-3H3,(H,12,14). The molecular weight excluding hydrogens is 244 g/mol. The number of carbonyl (C=O) groups is 1. The van der Waals surface area contributed by atoms with Gasteiger partial charge in [-0.15, -0.1) is 0 Å². The molecule has 4 heteroatoms. The molecule has 0 spiro atoms. The highest BCUT2D eigenvalue weighted by Gasteiger charge is 2.06. The Morgan fingerprint density at radius 1 is 1.43 bits per heavy atom. The Hall–Kier alpha value is -0.0900. The van der Waals surface area contributed by atoms with Crippen LogP contribution in [0, 0.1) is 0 Å². The third-order valence-electron chi connectivity index (χ3n) is 2.21. The number of hydrogen-bond donors (Lipinski definition) is 1. The summed E-state index contributed by atoms with van der Waals surface area (Å²) in [7, 11) is 0. The lowest BCUT2D eigenvalue weighted by molar-refractivity contribution is -0.120. The smallest absolute Gasteiger partial charge is 0.233 e. The van der Waals surface area contributed by atoms with E-state index in [2.05, 4.69) is 40.0 Å². The first-order chi connectivity index (χ1) is 6.61. The van der Waals surface area contributed by atoms with Gasteiger partial charge in [0.15, 0.2) is 0 Å². The molecule has 0 aliphatic rings. The van der Waals surface area contributed by atoms with Gasteiger partial charge in [0.2, 0.25) is 5.91 Å². The lowest BCUT2D eigenvalue weighted by atomic mass is 10.3. The van der Waals surface area contributed by atoms with Crippen LogP contribution >= 0.6 is 15.9 Å². The molecule has 0 saturated heterocycles. The van der Waals surface area contributed by atoms with Gasteiger partial charge < -0.3 is 10.2 Å². The Balaban J connectivity index is 3.41. The highest BCUT2D eigenvalue weighted by Crippen LogP contribution is 1.96. The minimum atomic E-state index is -0.0871. The van der Waals surface area contributed by atoms with Gasteiger partial charge in [0.05, 0.1) is 4.83 Å². The summed E-state index contributed by atoms with van der Waals surface area (Å²) >= 11 is 3.23. The Morgan fingerprint density at radius 2 is 2.00 bits per heavy atom. The van der Waals surface area contributed by atoms with Gasteiger partial charge in [0.25, 0.3) is 0 Å². The van der Waals surface area contributed by atoms with E-state index in [-0.39, 0.29) is 10.7 Å². The van der Waals surface area contributed by atoms with Crippen LogP contribution < -0.4 is 5.32 Å². The number of amides is 1. The van der Waals surface area contributed by atoms with Crippen molar-refractivity contribution in [2.75, 3.05) is 26.2 Å². The summed E-state index contributed by atoms with van der Waals surface area (Å²) in [6, 6.07) is 0. The largest absolute Gasteiger partial charge is 0.355 e. The Kier molecular flexibility index (Phi) is 8.18. The van der Waals surface area contributed by atoms with E-state index in [0.717, 1.165) is 32.6 Å². The van der Waals surface area contributed by atoms with Crippen LogP contribution in [0.2, 0.25) is 0 Å². The third kappa shape index (κ3) is 6.38. The molecule has 0 aliphatic heterocycles. The van der Waals surface area contributed by atoms with Crippen LogP contribution in [0.25, 0.3) is 0 Å². The minimum Gasteiger partial charge on any atom is -0.355 e. The molecular formula is C10H21BrN2O. The number of carbonyl (C=O) groups excluding carboxylic acids is 1.